The average Bonchev–Trinajstić information content (AvgIpc) is 2.81. The third kappa shape index (κ3) is 5.17. The molecule has 0 saturated carbocycles. The molecule has 0 heterocycles. The molecule has 1 atom stereocenters. The number of unbranched alkanes of at least 4 members (excludes halogenated alkanes) is 3. The molecule has 158 valence electrons. The Balaban J connectivity index is 1.91. The molecule has 0 bridgehead atoms. The average molecular weight is 404 g/mol. The van der Waals surface area contributed by atoms with E-state index in [1.165, 1.54) is 0 Å². The van der Waals surface area contributed by atoms with Crippen molar-refractivity contribution in [3.05, 3.63) is 108 Å². The Kier molecular flexibility index (Phi) is 8.64. The number of nitrogens with one attached hydrogen (secondary N) is 1. The van der Waals surface area contributed by atoms with E-state index < -0.39 is 11.5 Å². The second-order valence-electron chi connectivity index (χ2n) is 7.72. The predicted molar refractivity (Wildman–Crippen MR) is 123 cm³/mol. The highest BCUT2D eigenvalue weighted by atomic mass is 16.6. The molecular formula is C27H33NO2. The fourth-order valence-electron chi connectivity index (χ4n) is 4.39. The number of hydroxylamine groups is 1. The Morgan fingerprint density at radius 2 is 1.13 bits per heavy atom. The number of aliphatic hydroxyl groups excluding tert-OH is 1. The van der Waals surface area contributed by atoms with Crippen molar-refractivity contribution in [2.75, 3.05) is 13.7 Å². The van der Waals surface area contributed by atoms with E-state index in [4.69, 9.17) is 4.84 Å². The molecule has 3 heteroatoms. The summed E-state index contributed by atoms with van der Waals surface area (Å²) in [6.45, 7) is 0.862. The van der Waals surface area contributed by atoms with Crippen molar-refractivity contribution in [2.45, 2.75) is 43.6 Å². The SMILES string of the molecule is CONCCCCCCC(O)C(c1ccccc1)(c1ccccc1)c1ccccc1. The minimum absolute atomic E-state index is 0.526. The molecule has 1 unspecified atom stereocenters. The van der Waals surface area contributed by atoms with Crippen LogP contribution in [0.1, 0.15) is 48.8 Å². The Labute approximate surface area is 180 Å². The minimum Gasteiger partial charge on any atom is -0.391 e. The maximum Gasteiger partial charge on any atom is 0.0718 e. The molecule has 0 aromatic heterocycles. The zero-order valence-corrected chi connectivity index (χ0v) is 17.8. The van der Waals surface area contributed by atoms with Gasteiger partial charge in [-0.3, -0.25) is 0 Å². The van der Waals surface area contributed by atoms with Crippen molar-refractivity contribution in [3.8, 4) is 0 Å². The number of aliphatic hydroxyl groups is 1. The van der Waals surface area contributed by atoms with Gasteiger partial charge in [0.2, 0.25) is 0 Å². The molecule has 0 radical (unpaired) electrons. The van der Waals surface area contributed by atoms with Gasteiger partial charge in [-0.1, -0.05) is 110 Å². The van der Waals surface area contributed by atoms with Gasteiger partial charge in [0.1, 0.15) is 0 Å². The van der Waals surface area contributed by atoms with Gasteiger partial charge in [-0.15, -0.1) is 0 Å². The lowest BCUT2D eigenvalue weighted by Crippen LogP contribution is -2.42. The van der Waals surface area contributed by atoms with Crippen LogP contribution in [0.5, 0.6) is 0 Å². The fraction of sp³-hybridized carbons (Fsp3) is 0.333. The lowest BCUT2D eigenvalue weighted by atomic mass is 9.65. The summed E-state index contributed by atoms with van der Waals surface area (Å²) in [7, 11) is 1.65. The standard InChI is InChI=1S/C27H33NO2/c1-30-28-22-14-3-2-13-21-26(29)27(23-15-7-4-8-16-23,24-17-9-5-10-18-24)25-19-11-6-12-20-25/h4-12,15-20,26,28-29H,2-3,13-14,21-22H2,1H3. The molecule has 0 aliphatic rings. The molecule has 3 rings (SSSR count). The number of benzene rings is 3. The first-order valence-corrected chi connectivity index (χ1v) is 10.9. The molecule has 0 saturated heterocycles. The zero-order valence-electron chi connectivity index (χ0n) is 17.8. The van der Waals surface area contributed by atoms with Crippen LogP contribution in [0.2, 0.25) is 0 Å². The van der Waals surface area contributed by atoms with Crippen LogP contribution < -0.4 is 5.48 Å². The molecule has 3 aromatic carbocycles. The van der Waals surface area contributed by atoms with E-state index in [0.29, 0.717) is 0 Å². The first-order chi connectivity index (χ1) is 14.8. The summed E-state index contributed by atoms with van der Waals surface area (Å²) in [6, 6.07) is 31.3. The van der Waals surface area contributed by atoms with E-state index >= 15 is 0 Å². The highest BCUT2D eigenvalue weighted by molar-refractivity contribution is 5.51. The summed E-state index contributed by atoms with van der Waals surface area (Å²) in [5.74, 6) is 0. The molecule has 30 heavy (non-hydrogen) atoms. The lowest BCUT2D eigenvalue weighted by molar-refractivity contribution is 0.0898. The number of hydrogen-bond acceptors (Lipinski definition) is 3. The van der Waals surface area contributed by atoms with E-state index in [1.54, 1.807) is 7.11 Å². The molecule has 0 spiro atoms. The quantitative estimate of drug-likeness (QED) is 0.239. The second-order valence-corrected chi connectivity index (χ2v) is 7.72. The van der Waals surface area contributed by atoms with Crippen LogP contribution in [-0.2, 0) is 10.3 Å². The Bertz CT molecular complexity index is 740. The van der Waals surface area contributed by atoms with E-state index in [2.05, 4.69) is 78.3 Å². The van der Waals surface area contributed by atoms with Crippen LogP contribution in [0.25, 0.3) is 0 Å². The Morgan fingerprint density at radius 1 is 0.700 bits per heavy atom. The molecule has 0 amide bonds. The number of rotatable bonds is 12. The largest absolute Gasteiger partial charge is 0.391 e. The van der Waals surface area contributed by atoms with Crippen molar-refractivity contribution in [1.29, 1.82) is 0 Å². The van der Waals surface area contributed by atoms with E-state index in [-0.39, 0.29) is 0 Å². The van der Waals surface area contributed by atoms with Crippen molar-refractivity contribution < 1.29 is 9.94 Å². The minimum atomic E-state index is -0.596. The summed E-state index contributed by atoms with van der Waals surface area (Å²) < 4.78 is 0. The summed E-state index contributed by atoms with van der Waals surface area (Å²) in [4.78, 5) is 4.89. The van der Waals surface area contributed by atoms with Crippen molar-refractivity contribution in [1.82, 2.24) is 5.48 Å². The van der Waals surface area contributed by atoms with Gasteiger partial charge in [-0.05, 0) is 29.5 Å². The van der Waals surface area contributed by atoms with Gasteiger partial charge in [0.25, 0.3) is 0 Å². The molecule has 2 N–H and O–H groups in total. The fourth-order valence-corrected chi connectivity index (χ4v) is 4.39. The Hall–Kier alpha value is -2.46. The maximum absolute atomic E-state index is 11.7. The summed E-state index contributed by atoms with van der Waals surface area (Å²) in [5.41, 5.74) is 5.66. The van der Waals surface area contributed by atoms with Crippen molar-refractivity contribution in [3.63, 3.8) is 0 Å². The van der Waals surface area contributed by atoms with Gasteiger partial charge in [-0.25, -0.2) is 5.48 Å². The van der Waals surface area contributed by atoms with E-state index in [9.17, 15) is 5.11 Å². The van der Waals surface area contributed by atoms with Crippen LogP contribution in [0.15, 0.2) is 91.0 Å². The monoisotopic (exact) mass is 403 g/mol. The van der Waals surface area contributed by atoms with Crippen LogP contribution in [0, 0.1) is 0 Å². The van der Waals surface area contributed by atoms with Crippen molar-refractivity contribution in [2.24, 2.45) is 0 Å². The van der Waals surface area contributed by atoms with Gasteiger partial charge >= 0.3 is 0 Å². The van der Waals surface area contributed by atoms with E-state index in [1.807, 2.05) is 18.2 Å². The summed E-state index contributed by atoms with van der Waals surface area (Å²) in [5, 5.41) is 11.7. The molecule has 0 aliphatic heterocycles. The van der Waals surface area contributed by atoms with Gasteiger partial charge in [-0.2, -0.15) is 0 Å². The number of hydrogen-bond donors (Lipinski definition) is 2. The topological polar surface area (TPSA) is 41.5 Å². The third-order valence-electron chi connectivity index (χ3n) is 5.84. The summed E-state index contributed by atoms with van der Waals surface area (Å²) in [6.07, 6.45) is 4.50. The first-order valence-electron chi connectivity index (χ1n) is 10.9. The van der Waals surface area contributed by atoms with Gasteiger partial charge in [0.05, 0.1) is 18.6 Å². The molecule has 3 nitrogen and oxygen atoms in total. The normalized spacial score (nSPS) is 12.6. The highest BCUT2D eigenvalue weighted by Gasteiger charge is 2.42. The molecular weight excluding hydrogens is 370 g/mol. The predicted octanol–water partition coefficient (Wildman–Crippen LogP) is 5.48. The third-order valence-corrected chi connectivity index (χ3v) is 5.84. The van der Waals surface area contributed by atoms with Crippen LogP contribution in [-0.4, -0.2) is 24.9 Å². The molecule has 3 aromatic rings. The zero-order chi connectivity index (χ0) is 21.1. The van der Waals surface area contributed by atoms with E-state index in [0.717, 1.165) is 55.3 Å². The highest BCUT2D eigenvalue weighted by Crippen LogP contribution is 2.43. The second kappa shape index (κ2) is 11.7. The van der Waals surface area contributed by atoms with Crippen LogP contribution in [0.3, 0.4) is 0 Å². The smallest absolute Gasteiger partial charge is 0.0718 e. The van der Waals surface area contributed by atoms with Crippen molar-refractivity contribution >= 4 is 0 Å². The summed E-state index contributed by atoms with van der Waals surface area (Å²) >= 11 is 0. The van der Waals surface area contributed by atoms with Gasteiger partial charge in [0, 0.05) is 6.54 Å². The molecule has 0 fully saturated rings. The van der Waals surface area contributed by atoms with Crippen LogP contribution in [0.4, 0.5) is 0 Å². The van der Waals surface area contributed by atoms with Gasteiger partial charge < -0.3 is 9.94 Å². The van der Waals surface area contributed by atoms with Gasteiger partial charge in [0.15, 0.2) is 0 Å². The Morgan fingerprint density at radius 3 is 1.57 bits per heavy atom. The first kappa shape index (κ1) is 22.2. The lowest BCUT2D eigenvalue weighted by Gasteiger charge is -2.40. The van der Waals surface area contributed by atoms with Crippen LogP contribution >= 0.6 is 0 Å². The molecule has 0 aliphatic carbocycles. The maximum atomic E-state index is 11.7.